The van der Waals surface area contributed by atoms with E-state index in [1.54, 1.807) is 27.0 Å². The zero-order valence-corrected chi connectivity index (χ0v) is 20.9. The lowest BCUT2D eigenvalue weighted by Gasteiger charge is -2.20. The monoisotopic (exact) mass is 533 g/mol. The van der Waals surface area contributed by atoms with Crippen molar-refractivity contribution in [2.45, 2.75) is 45.4 Å². The summed E-state index contributed by atoms with van der Waals surface area (Å²) in [5, 5.41) is 10.8. The molecule has 29 heavy (non-hydrogen) atoms. The van der Waals surface area contributed by atoms with Crippen LogP contribution in [0.5, 0.6) is 0 Å². The fourth-order valence-corrected chi connectivity index (χ4v) is 3.49. The first-order valence-corrected chi connectivity index (χ1v) is 11.2. The molecular formula is C20H32IN5O2S. The van der Waals surface area contributed by atoms with Gasteiger partial charge in [-0.25, -0.2) is 13.1 Å². The number of rotatable bonds is 7. The highest BCUT2D eigenvalue weighted by Crippen LogP contribution is 2.17. The normalized spacial score (nSPS) is 13.5. The fourth-order valence-electron chi connectivity index (χ4n) is 2.55. The summed E-state index contributed by atoms with van der Waals surface area (Å²) < 4.78 is 25.6. The van der Waals surface area contributed by atoms with Gasteiger partial charge < -0.3 is 10.6 Å². The molecule has 0 radical (unpaired) electrons. The lowest BCUT2D eigenvalue weighted by molar-refractivity contribution is 0.560. The Labute approximate surface area is 191 Å². The third-order valence-electron chi connectivity index (χ3n) is 4.40. The molecule has 0 amide bonds. The number of halogens is 1. The molecule has 1 atom stereocenters. The molecule has 1 aromatic carbocycles. The maximum atomic E-state index is 12.3. The van der Waals surface area contributed by atoms with E-state index in [1.165, 1.54) is 0 Å². The molecular weight excluding hydrogens is 501 g/mol. The van der Waals surface area contributed by atoms with Crippen molar-refractivity contribution in [1.82, 2.24) is 20.4 Å². The number of nitrogens with one attached hydrogen (secondary N) is 2. The number of nitrogens with zero attached hydrogens (tertiary/aromatic N) is 3. The number of aliphatic imine (C=N–C) groups is 1. The molecule has 0 saturated carbocycles. The summed E-state index contributed by atoms with van der Waals surface area (Å²) in [4.78, 5) is 4.45. The molecule has 9 heteroatoms. The van der Waals surface area contributed by atoms with Gasteiger partial charge in [-0.05, 0) is 58.4 Å². The smallest absolute Gasteiger partial charge is 0.191 e. The van der Waals surface area contributed by atoms with Crippen LogP contribution in [0.2, 0.25) is 0 Å². The minimum absolute atomic E-state index is 0. The first kappa shape index (κ1) is 25.4. The summed E-state index contributed by atoms with van der Waals surface area (Å²) in [5.41, 5.74) is 2.07. The third kappa shape index (κ3) is 7.29. The number of guanidine groups is 1. The molecule has 1 aromatic heterocycles. The second-order valence-electron chi connectivity index (χ2n) is 7.60. The van der Waals surface area contributed by atoms with Gasteiger partial charge in [-0.15, -0.1) is 24.0 Å². The lowest BCUT2D eigenvalue weighted by Crippen LogP contribution is -2.39. The topological polar surface area (TPSA) is 88.4 Å². The minimum Gasteiger partial charge on any atom is -0.357 e. The molecule has 0 aliphatic rings. The van der Waals surface area contributed by atoms with Gasteiger partial charge in [-0.3, -0.25) is 4.99 Å². The first-order valence-electron chi connectivity index (χ1n) is 9.51. The molecule has 1 unspecified atom stereocenters. The standard InChI is InChI=1S/C20H31N5O2S.HI/c1-6-21-19(22-12-14-28(26,27)20(3,4)5)24-16(2)17-9-7-10-18(15-17)25-13-8-11-23-25;/h7-11,13,15-16H,6,12,14H2,1-5H3,(H2,21,22,24);1H. The van der Waals surface area contributed by atoms with Crippen LogP contribution < -0.4 is 10.6 Å². The van der Waals surface area contributed by atoms with Gasteiger partial charge in [0.05, 0.1) is 28.8 Å². The first-order chi connectivity index (χ1) is 13.1. The van der Waals surface area contributed by atoms with E-state index in [-0.39, 0.29) is 42.3 Å². The third-order valence-corrected chi connectivity index (χ3v) is 6.99. The zero-order valence-electron chi connectivity index (χ0n) is 17.7. The average Bonchev–Trinajstić information content (AvgIpc) is 3.15. The van der Waals surface area contributed by atoms with Crippen LogP contribution in [-0.2, 0) is 9.84 Å². The van der Waals surface area contributed by atoms with Gasteiger partial charge in [0.25, 0.3) is 0 Å². The van der Waals surface area contributed by atoms with E-state index in [9.17, 15) is 8.42 Å². The van der Waals surface area contributed by atoms with Crippen molar-refractivity contribution in [2.75, 3.05) is 18.8 Å². The Morgan fingerprint density at radius 1 is 1.28 bits per heavy atom. The van der Waals surface area contributed by atoms with Crippen LogP contribution >= 0.6 is 24.0 Å². The lowest BCUT2D eigenvalue weighted by atomic mass is 10.1. The average molecular weight is 533 g/mol. The quantitative estimate of drug-likeness (QED) is 0.324. The van der Waals surface area contributed by atoms with E-state index in [0.717, 1.165) is 11.3 Å². The zero-order chi connectivity index (χ0) is 20.8. The molecule has 0 saturated heterocycles. The van der Waals surface area contributed by atoms with Crippen LogP contribution in [0.1, 0.15) is 46.2 Å². The Morgan fingerprint density at radius 3 is 2.59 bits per heavy atom. The molecule has 0 spiro atoms. The summed E-state index contributed by atoms with van der Waals surface area (Å²) in [6.45, 7) is 10.1. The van der Waals surface area contributed by atoms with Gasteiger partial charge in [-0.2, -0.15) is 5.10 Å². The summed E-state index contributed by atoms with van der Waals surface area (Å²) in [7, 11) is -3.19. The summed E-state index contributed by atoms with van der Waals surface area (Å²) in [6.07, 6.45) is 3.65. The van der Waals surface area contributed by atoms with E-state index in [4.69, 9.17) is 0 Å². The Bertz CT molecular complexity index is 890. The van der Waals surface area contributed by atoms with E-state index in [0.29, 0.717) is 12.5 Å². The molecule has 7 nitrogen and oxygen atoms in total. The maximum Gasteiger partial charge on any atom is 0.191 e. The van der Waals surface area contributed by atoms with Gasteiger partial charge in [0.1, 0.15) is 0 Å². The van der Waals surface area contributed by atoms with Crippen molar-refractivity contribution >= 4 is 39.8 Å². The van der Waals surface area contributed by atoms with Crippen LogP contribution in [0.15, 0.2) is 47.7 Å². The van der Waals surface area contributed by atoms with Crippen LogP contribution in [0, 0.1) is 0 Å². The van der Waals surface area contributed by atoms with Gasteiger partial charge in [0, 0.05) is 18.9 Å². The van der Waals surface area contributed by atoms with Gasteiger partial charge >= 0.3 is 0 Å². The van der Waals surface area contributed by atoms with E-state index < -0.39 is 14.6 Å². The van der Waals surface area contributed by atoms with E-state index in [2.05, 4.69) is 26.8 Å². The number of aromatic nitrogens is 2. The number of benzene rings is 1. The van der Waals surface area contributed by atoms with E-state index >= 15 is 0 Å². The molecule has 0 bridgehead atoms. The summed E-state index contributed by atoms with van der Waals surface area (Å²) in [5.74, 6) is 0.625. The van der Waals surface area contributed by atoms with Crippen LogP contribution in [-0.4, -0.2) is 47.7 Å². The maximum absolute atomic E-state index is 12.3. The number of hydrogen-bond donors (Lipinski definition) is 2. The molecule has 0 aliphatic carbocycles. The van der Waals surface area contributed by atoms with Crippen LogP contribution in [0.3, 0.4) is 0 Å². The number of sulfone groups is 1. The van der Waals surface area contributed by atoms with Crippen molar-refractivity contribution in [3.8, 4) is 5.69 Å². The minimum atomic E-state index is -3.19. The predicted molar refractivity (Wildman–Crippen MR) is 130 cm³/mol. The number of hydrogen-bond acceptors (Lipinski definition) is 4. The fraction of sp³-hybridized carbons (Fsp3) is 0.500. The highest BCUT2D eigenvalue weighted by Gasteiger charge is 2.28. The molecule has 2 rings (SSSR count). The molecule has 1 heterocycles. The largest absolute Gasteiger partial charge is 0.357 e. The Hall–Kier alpha value is -1.62. The van der Waals surface area contributed by atoms with Crippen molar-refractivity contribution in [3.63, 3.8) is 0 Å². The van der Waals surface area contributed by atoms with Crippen LogP contribution in [0.25, 0.3) is 5.69 Å². The van der Waals surface area contributed by atoms with Crippen molar-refractivity contribution in [2.24, 2.45) is 4.99 Å². The van der Waals surface area contributed by atoms with Gasteiger partial charge in [0.2, 0.25) is 0 Å². The SMILES string of the molecule is CCNC(=NCCS(=O)(=O)C(C)(C)C)NC(C)c1cccc(-n2cccn2)c1.I. The van der Waals surface area contributed by atoms with E-state index in [1.807, 2.05) is 49.0 Å². The van der Waals surface area contributed by atoms with Crippen molar-refractivity contribution in [3.05, 3.63) is 48.3 Å². The highest BCUT2D eigenvalue weighted by molar-refractivity contribution is 14.0. The second kappa shape index (κ2) is 11.0. The Balaban J connectivity index is 0.00000420. The predicted octanol–water partition coefficient (Wildman–Crippen LogP) is 3.32. The molecule has 2 aromatic rings. The molecule has 0 aliphatic heterocycles. The van der Waals surface area contributed by atoms with Gasteiger partial charge in [-0.1, -0.05) is 12.1 Å². The highest BCUT2D eigenvalue weighted by atomic mass is 127. The van der Waals surface area contributed by atoms with Gasteiger partial charge in [0.15, 0.2) is 15.8 Å². The Morgan fingerprint density at radius 2 is 2.00 bits per heavy atom. The van der Waals surface area contributed by atoms with Crippen molar-refractivity contribution < 1.29 is 8.42 Å². The van der Waals surface area contributed by atoms with Crippen molar-refractivity contribution in [1.29, 1.82) is 0 Å². The summed E-state index contributed by atoms with van der Waals surface area (Å²) in [6, 6.07) is 9.98. The molecule has 2 N–H and O–H groups in total. The molecule has 162 valence electrons. The summed E-state index contributed by atoms with van der Waals surface area (Å²) >= 11 is 0. The molecule has 0 fully saturated rings. The Kier molecular flexibility index (Phi) is 9.60. The second-order valence-corrected chi connectivity index (χ2v) is 10.5. The van der Waals surface area contributed by atoms with Crippen LogP contribution in [0.4, 0.5) is 0 Å².